The molecule has 1 aliphatic heterocycles. The fourth-order valence-corrected chi connectivity index (χ4v) is 3.74. The number of aryl methyl sites for hydroxylation is 1. The third-order valence-corrected chi connectivity index (χ3v) is 5.63. The second kappa shape index (κ2) is 8.91. The first kappa shape index (κ1) is 22.3. The van der Waals surface area contributed by atoms with Gasteiger partial charge in [0.2, 0.25) is 5.82 Å². The zero-order chi connectivity index (χ0) is 22.9. The average Bonchev–Trinajstić information content (AvgIpc) is 3.16. The lowest BCUT2D eigenvalue weighted by molar-refractivity contribution is -0.137. The van der Waals surface area contributed by atoms with E-state index in [1.807, 2.05) is 0 Å². The first-order valence-corrected chi connectivity index (χ1v) is 10.5. The number of carbonyl (C=O) groups is 1. The first-order valence-electron chi connectivity index (χ1n) is 10.1. The van der Waals surface area contributed by atoms with Crippen LogP contribution in [0.15, 0.2) is 48.5 Å². The van der Waals surface area contributed by atoms with Crippen LogP contribution in [0.2, 0.25) is 5.02 Å². The molecule has 1 amide bonds. The van der Waals surface area contributed by atoms with Crippen molar-refractivity contribution < 1.29 is 18.0 Å². The average molecular weight is 464 g/mol. The molecule has 0 saturated carbocycles. The van der Waals surface area contributed by atoms with E-state index in [2.05, 4.69) is 15.0 Å². The molecule has 1 saturated heterocycles. The second-order valence-electron chi connectivity index (χ2n) is 7.63. The minimum atomic E-state index is -4.34. The van der Waals surface area contributed by atoms with Crippen LogP contribution in [0.3, 0.4) is 0 Å². The van der Waals surface area contributed by atoms with Crippen molar-refractivity contribution in [3.05, 3.63) is 76.3 Å². The number of alkyl halides is 3. The zero-order valence-corrected chi connectivity index (χ0v) is 18.1. The highest BCUT2D eigenvalue weighted by Gasteiger charge is 2.30. The summed E-state index contributed by atoms with van der Waals surface area (Å²) >= 11 is 5.93. The number of hydrogen-bond donors (Lipinski definition) is 0. The molecule has 0 bridgehead atoms. The van der Waals surface area contributed by atoms with Crippen molar-refractivity contribution in [1.82, 2.24) is 24.6 Å². The highest BCUT2D eigenvalue weighted by atomic mass is 35.5. The van der Waals surface area contributed by atoms with Crippen molar-refractivity contribution in [2.45, 2.75) is 19.6 Å². The molecular weight excluding hydrogens is 443 g/mol. The Bertz CT molecular complexity index is 1090. The Labute approximate surface area is 188 Å². The van der Waals surface area contributed by atoms with E-state index in [4.69, 9.17) is 11.6 Å². The van der Waals surface area contributed by atoms with Crippen LogP contribution < -0.4 is 0 Å². The summed E-state index contributed by atoms with van der Waals surface area (Å²) in [5.41, 5.74) is 0.911. The predicted molar refractivity (Wildman–Crippen MR) is 114 cm³/mol. The van der Waals surface area contributed by atoms with E-state index in [0.29, 0.717) is 43.6 Å². The molecule has 0 atom stereocenters. The number of halogens is 4. The van der Waals surface area contributed by atoms with Gasteiger partial charge in [-0.15, -0.1) is 5.10 Å². The van der Waals surface area contributed by atoms with Gasteiger partial charge in [0.05, 0.1) is 11.3 Å². The van der Waals surface area contributed by atoms with E-state index < -0.39 is 11.7 Å². The fraction of sp³-hybridized carbons (Fsp3) is 0.318. The number of benzene rings is 2. The van der Waals surface area contributed by atoms with Crippen LogP contribution in [-0.4, -0.2) is 56.7 Å². The molecule has 3 aromatic rings. The van der Waals surface area contributed by atoms with Crippen molar-refractivity contribution in [2.75, 3.05) is 26.2 Å². The summed E-state index contributed by atoms with van der Waals surface area (Å²) < 4.78 is 39.7. The van der Waals surface area contributed by atoms with E-state index in [1.54, 1.807) is 40.8 Å². The van der Waals surface area contributed by atoms with E-state index >= 15 is 0 Å². The monoisotopic (exact) mass is 463 g/mol. The molecule has 0 aliphatic carbocycles. The maximum atomic E-state index is 12.9. The lowest BCUT2D eigenvalue weighted by Crippen LogP contribution is -2.48. The van der Waals surface area contributed by atoms with Crippen LogP contribution in [-0.2, 0) is 12.7 Å². The van der Waals surface area contributed by atoms with Crippen molar-refractivity contribution in [3.8, 4) is 5.69 Å². The summed E-state index contributed by atoms with van der Waals surface area (Å²) in [4.78, 5) is 21.0. The van der Waals surface area contributed by atoms with Gasteiger partial charge in [-0.05, 0) is 48.9 Å². The molecule has 10 heteroatoms. The van der Waals surface area contributed by atoms with E-state index in [0.717, 1.165) is 23.4 Å². The molecule has 1 fully saturated rings. The van der Waals surface area contributed by atoms with Crippen LogP contribution in [0, 0.1) is 6.92 Å². The predicted octanol–water partition coefficient (Wildman–Crippen LogP) is 4.21. The maximum absolute atomic E-state index is 12.9. The highest BCUT2D eigenvalue weighted by molar-refractivity contribution is 6.30. The van der Waals surface area contributed by atoms with Crippen molar-refractivity contribution in [3.63, 3.8) is 0 Å². The van der Waals surface area contributed by atoms with Gasteiger partial charge < -0.3 is 4.90 Å². The summed E-state index contributed by atoms with van der Waals surface area (Å²) in [6, 6.07) is 12.3. The Kier molecular flexibility index (Phi) is 6.21. The highest BCUT2D eigenvalue weighted by Crippen LogP contribution is 2.29. The molecule has 6 nitrogen and oxygen atoms in total. The normalized spacial score (nSPS) is 15.2. The van der Waals surface area contributed by atoms with Gasteiger partial charge >= 0.3 is 6.18 Å². The van der Waals surface area contributed by atoms with Gasteiger partial charge in [-0.25, -0.2) is 9.67 Å². The molecule has 2 aromatic carbocycles. The molecule has 1 aromatic heterocycles. The Morgan fingerprint density at radius 2 is 1.62 bits per heavy atom. The number of carbonyl (C=O) groups excluding carboxylic acids is 1. The Hall–Kier alpha value is -2.91. The standard InChI is InChI=1S/C22H21ClF3N5O/c1-15-27-20(28-31(15)19-8-6-18(23)7-9-19)21(32)30-12-10-29(11-13-30)14-16-2-4-17(5-3-16)22(24,25)26/h2-9H,10-14H2,1H3. The second-order valence-corrected chi connectivity index (χ2v) is 8.07. The van der Waals surface area contributed by atoms with Gasteiger partial charge in [-0.3, -0.25) is 9.69 Å². The fourth-order valence-electron chi connectivity index (χ4n) is 3.62. The molecular formula is C22H21ClF3N5O. The summed E-state index contributed by atoms with van der Waals surface area (Å²) in [6.07, 6.45) is -4.34. The minimum Gasteiger partial charge on any atom is -0.333 e. The van der Waals surface area contributed by atoms with Gasteiger partial charge in [0, 0.05) is 37.7 Å². The Balaban J connectivity index is 1.36. The Morgan fingerprint density at radius 3 is 2.22 bits per heavy atom. The third-order valence-electron chi connectivity index (χ3n) is 5.38. The number of rotatable bonds is 4. The van der Waals surface area contributed by atoms with Crippen molar-refractivity contribution >= 4 is 17.5 Å². The van der Waals surface area contributed by atoms with Crippen LogP contribution >= 0.6 is 11.6 Å². The summed E-state index contributed by atoms with van der Waals surface area (Å²) in [7, 11) is 0. The third kappa shape index (κ3) is 4.94. The minimum absolute atomic E-state index is 0.133. The summed E-state index contributed by atoms with van der Waals surface area (Å²) in [5, 5.41) is 4.97. The summed E-state index contributed by atoms with van der Waals surface area (Å²) in [6.45, 7) is 4.53. The van der Waals surface area contributed by atoms with Crippen LogP contribution in [0.4, 0.5) is 13.2 Å². The van der Waals surface area contributed by atoms with Gasteiger partial charge in [0.1, 0.15) is 5.82 Å². The molecule has 168 valence electrons. The topological polar surface area (TPSA) is 54.3 Å². The molecule has 2 heterocycles. The number of amides is 1. The lowest BCUT2D eigenvalue weighted by Gasteiger charge is -2.34. The molecule has 0 N–H and O–H groups in total. The van der Waals surface area contributed by atoms with Gasteiger partial charge in [0.15, 0.2) is 0 Å². The smallest absolute Gasteiger partial charge is 0.333 e. The van der Waals surface area contributed by atoms with E-state index in [9.17, 15) is 18.0 Å². The zero-order valence-electron chi connectivity index (χ0n) is 17.3. The van der Waals surface area contributed by atoms with Crippen LogP contribution in [0.5, 0.6) is 0 Å². The van der Waals surface area contributed by atoms with E-state index in [1.165, 1.54) is 12.1 Å². The molecule has 4 rings (SSSR count). The maximum Gasteiger partial charge on any atom is 0.416 e. The molecule has 0 radical (unpaired) electrons. The summed E-state index contributed by atoms with van der Waals surface area (Å²) in [5.74, 6) is 0.486. The number of hydrogen-bond acceptors (Lipinski definition) is 4. The molecule has 0 spiro atoms. The molecule has 32 heavy (non-hydrogen) atoms. The lowest BCUT2D eigenvalue weighted by atomic mass is 10.1. The first-order chi connectivity index (χ1) is 15.2. The van der Waals surface area contributed by atoms with Gasteiger partial charge in [-0.2, -0.15) is 13.2 Å². The quantitative estimate of drug-likeness (QED) is 0.581. The van der Waals surface area contributed by atoms with Crippen molar-refractivity contribution in [1.29, 1.82) is 0 Å². The molecule has 0 unspecified atom stereocenters. The Morgan fingerprint density at radius 1 is 1.00 bits per heavy atom. The van der Waals surface area contributed by atoms with Gasteiger partial charge in [0.25, 0.3) is 5.91 Å². The largest absolute Gasteiger partial charge is 0.416 e. The van der Waals surface area contributed by atoms with Crippen LogP contribution in [0.25, 0.3) is 5.69 Å². The molecule has 1 aliphatic rings. The van der Waals surface area contributed by atoms with Crippen molar-refractivity contribution in [2.24, 2.45) is 0 Å². The van der Waals surface area contributed by atoms with E-state index in [-0.39, 0.29) is 11.7 Å². The number of aromatic nitrogens is 3. The van der Waals surface area contributed by atoms with Crippen LogP contribution in [0.1, 0.15) is 27.6 Å². The SMILES string of the molecule is Cc1nc(C(=O)N2CCN(Cc3ccc(C(F)(F)F)cc3)CC2)nn1-c1ccc(Cl)cc1. The van der Waals surface area contributed by atoms with Gasteiger partial charge in [-0.1, -0.05) is 23.7 Å². The number of piperazine rings is 1. The number of nitrogens with zero attached hydrogens (tertiary/aromatic N) is 5.